The van der Waals surface area contributed by atoms with Gasteiger partial charge in [0, 0.05) is 12.1 Å². The van der Waals surface area contributed by atoms with Gasteiger partial charge in [-0.15, -0.1) is 0 Å². The van der Waals surface area contributed by atoms with Gasteiger partial charge in [0.05, 0.1) is 13.2 Å². The molecule has 0 aromatic heterocycles. The molecule has 76 valence electrons. The Labute approximate surface area is 78.5 Å². The molecule has 4 heteroatoms. The van der Waals surface area contributed by atoms with Crippen LogP contribution in [-0.4, -0.2) is 47.3 Å². The minimum Gasteiger partial charge on any atom is -0.480 e. The summed E-state index contributed by atoms with van der Waals surface area (Å²) in [6, 6.07) is -0.0430. The van der Waals surface area contributed by atoms with E-state index in [0.29, 0.717) is 13.2 Å². The molecule has 0 radical (unpaired) electrons. The lowest BCUT2D eigenvalue weighted by Gasteiger charge is -2.40. The number of carboxylic acid groups (broad SMARTS) is 1. The third-order valence-electron chi connectivity index (χ3n) is 2.38. The molecule has 0 saturated carbocycles. The molecular weight excluding hydrogens is 170 g/mol. The molecule has 0 aliphatic carbocycles. The van der Waals surface area contributed by atoms with Crippen molar-refractivity contribution in [2.24, 2.45) is 0 Å². The van der Waals surface area contributed by atoms with Gasteiger partial charge >= 0.3 is 5.97 Å². The second-order valence-corrected chi connectivity index (χ2v) is 3.78. The monoisotopic (exact) mass is 187 g/mol. The van der Waals surface area contributed by atoms with Gasteiger partial charge in [-0.05, 0) is 20.8 Å². The first kappa shape index (κ1) is 10.5. The summed E-state index contributed by atoms with van der Waals surface area (Å²) >= 11 is 0. The van der Waals surface area contributed by atoms with Crippen molar-refractivity contribution in [3.05, 3.63) is 0 Å². The van der Waals surface area contributed by atoms with E-state index in [1.54, 1.807) is 0 Å². The number of rotatable bonds is 2. The third-order valence-corrected chi connectivity index (χ3v) is 2.38. The maximum Gasteiger partial charge on any atom is 0.323 e. The molecular formula is C9H17NO3. The molecule has 13 heavy (non-hydrogen) atoms. The highest BCUT2D eigenvalue weighted by molar-refractivity contribution is 5.73. The molecule has 0 aromatic rings. The molecule has 0 spiro atoms. The molecule has 1 fully saturated rings. The summed E-state index contributed by atoms with van der Waals surface area (Å²) in [5.41, 5.74) is 0. The Morgan fingerprint density at radius 3 is 2.54 bits per heavy atom. The smallest absolute Gasteiger partial charge is 0.323 e. The van der Waals surface area contributed by atoms with Crippen molar-refractivity contribution in [2.45, 2.75) is 38.9 Å². The van der Waals surface area contributed by atoms with Crippen LogP contribution in [0.4, 0.5) is 0 Å². The Hall–Kier alpha value is -0.610. The van der Waals surface area contributed by atoms with Crippen LogP contribution >= 0.6 is 0 Å². The van der Waals surface area contributed by atoms with Gasteiger partial charge in [0.25, 0.3) is 0 Å². The molecule has 1 heterocycles. The predicted molar refractivity (Wildman–Crippen MR) is 48.7 cm³/mol. The number of ether oxygens (including phenoxy) is 1. The van der Waals surface area contributed by atoms with E-state index in [0.717, 1.165) is 0 Å². The van der Waals surface area contributed by atoms with Gasteiger partial charge in [0.2, 0.25) is 0 Å². The Morgan fingerprint density at radius 2 is 2.15 bits per heavy atom. The van der Waals surface area contributed by atoms with E-state index in [1.165, 1.54) is 0 Å². The van der Waals surface area contributed by atoms with Gasteiger partial charge in [0.1, 0.15) is 6.04 Å². The normalized spacial score (nSPS) is 30.8. The fourth-order valence-electron chi connectivity index (χ4n) is 1.90. The summed E-state index contributed by atoms with van der Waals surface area (Å²) in [5, 5.41) is 8.95. The second-order valence-electron chi connectivity index (χ2n) is 3.78. The van der Waals surface area contributed by atoms with Crippen molar-refractivity contribution in [3.63, 3.8) is 0 Å². The van der Waals surface area contributed by atoms with Crippen molar-refractivity contribution in [2.75, 3.05) is 13.2 Å². The summed E-state index contributed by atoms with van der Waals surface area (Å²) < 4.78 is 5.21. The molecule has 2 unspecified atom stereocenters. The highest BCUT2D eigenvalue weighted by Gasteiger charge is 2.34. The summed E-state index contributed by atoms with van der Waals surface area (Å²) in [7, 11) is 0. The van der Waals surface area contributed by atoms with Crippen LogP contribution in [-0.2, 0) is 9.53 Å². The zero-order valence-electron chi connectivity index (χ0n) is 8.36. The fourth-order valence-corrected chi connectivity index (χ4v) is 1.90. The second kappa shape index (κ2) is 4.07. The molecule has 4 nitrogen and oxygen atoms in total. The lowest BCUT2D eigenvalue weighted by atomic mass is 10.1. The van der Waals surface area contributed by atoms with E-state index in [9.17, 15) is 4.79 Å². The minimum absolute atomic E-state index is 0.190. The Bertz CT molecular complexity index is 193. The van der Waals surface area contributed by atoms with Crippen LogP contribution < -0.4 is 0 Å². The van der Waals surface area contributed by atoms with Crippen molar-refractivity contribution >= 4 is 5.97 Å². The molecule has 0 bridgehead atoms. The van der Waals surface area contributed by atoms with E-state index in [4.69, 9.17) is 9.84 Å². The Balaban J connectivity index is 2.74. The molecule has 1 rings (SSSR count). The Kier molecular flexibility index (Phi) is 3.27. The molecule has 1 N–H and O–H groups in total. The maximum absolute atomic E-state index is 10.9. The highest BCUT2D eigenvalue weighted by atomic mass is 16.5. The highest BCUT2D eigenvalue weighted by Crippen LogP contribution is 2.16. The first-order chi connectivity index (χ1) is 6.04. The topological polar surface area (TPSA) is 49.8 Å². The first-order valence-corrected chi connectivity index (χ1v) is 4.62. The van der Waals surface area contributed by atoms with Crippen LogP contribution in [0, 0.1) is 0 Å². The Morgan fingerprint density at radius 1 is 1.54 bits per heavy atom. The predicted octanol–water partition coefficient (Wildman–Crippen LogP) is 0.569. The van der Waals surface area contributed by atoms with Crippen LogP contribution in [0.5, 0.6) is 0 Å². The lowest BCUT2D eigenvalue weighted by molar-refractivity contribution is -0.155. The maximum atomic E-state index is 10.9. The van der Waals surface area contributed by atoms with Crippen molar-refractivity contribution in [1.29, 1.82) is 0 Å². The summed E-state index contributed by atoms with van der Waals surface area (Å²) in [6.07, 6.45) is 0. The number of aliphatic carboxylic acids is 1. The minimum atomic E-state index is -0.791. The lowest BCUT2D eigenvalue weighted by Crippen LogP contribution is -2.57. The van der Waals surface area contributed by atoms with Crippen LogP contribution in [0.3, 0.4) is 0 Å². The third kappa shape index (κ3) is 2.19. The number of morpholine rings is 1. The van der Waals surface area contributed by atoms with Gasteiger partial charge in [-0.1, -0.05) is 0 Å². The standard InChI is InChI=1S/C9H17NO3/c1-6(2)10-7(3)4-13-5-8(10)9(11)12/h6-8H,4-5H2,1-3H3,(H,11,12). The number of hydrogen-bond acceptors (Lipinski definition) is 3. The van der Waals surface area contributed by atoms with Crippen LogP contribution in [0.2, 0.25) is 0 Å². The average molecular weight is 187 g/mol. The first-order valence-electron chi connectivity index (χ1n) is 4.62. The molecule has 1 aliphatic rings. The zero-order chi connectivity index (χ0) is 10.0. The number of nitrogens with zero attached hydrogens (tertiary/aromatic N) is 1. The largest absolute Gasteiger partial charge is 0.480 e. The summed E-state index contributed by atoms with van der Waals surface area (Å²) in [6.45, 7) is 6.95. The quantitative estimate of drug-likeness (QED) is 0.686. The molecule has 0 amide bonds. The van der Waals surface area contributed by atoms with Gasteiger partial charge in [-0.2, -0.15) is 0 Å². The number of carbonyl (C=O) groups is 1. The van der Waals surface area contributed by atoms with Crippen LogP contribution in [0.15, 0.2) is 0 Å². The molecule has 2 atom stereocenters. The molecule has 1 saturated heterocycles. The van der Waals surface area contributed by atoms with E-state index < -0.39 is 12.0 Å². The van der Waals surface area contributed by atoms with Crippen molar-refractivity contribution in [3.8, 4) is 0 Å². The van der Waals surface area contributed by atoms with Crippen molar-refractivity contribution < 1.29 is 14.6 Å². The van der Waals surface area contributed by atoms with Gasteiger partial charge in [-0.25, -0.2) is 0 Å². The summed E-state index contributed by atoms with van der Waals surface area (Å²) in [4.78, 5) is 12.9. The van der Waals surface area contributed by atoms with E-state index in [-0.39, 0.29) is 12.1 Å². The van der Waals surface area contributed by atoms with Gasteiger partial charge in [0.15, 0.2) is 0 Å². The fraction of sp³-hybridized carbons (Fsp3) is 0.889. The van der Waals surface area contributed by atoms with E-state index in [2.05, 4.69) is 0 Å². The van der Waals surface area contributed by atoms with E-state index >= 15 is 0 Å². The zero-order valence-corrected chi connectivity index (χ0v) is 8.36. The summed E-state index contributed by atoms with van der Waals surface area (Å²) in [5.74, 6) is -0.791. The number of carboxylic acids is 1. The van der Waals surface area contributed by atoms with Gasteiger partial charge < -0.3 is 9.84 Å². The van der Waals surface area contributed by atoms with Crippen LogP contribution in [0.25, 0.3) is 0 Å². The molecule has 0 aromatic carbocycles. The average Bonchev–Trinajstić information content (AvgIpc) is 2.02. The molecule has 1 aliphatic heterocycles. The van der Waals surface area contributed by atoms with Crippen molar-refractivity contribution in [1.82, 2.24) is 4.90 Å². The number of hydrogen-bond donors (Lipinski definition) is 1. The van der Waals surface area contributed by atoms with Crippen LogP contribution in [0.1, 0.15) is 20.8 Å². The van der Waals surface area contributed by atoms with E-state index in [1.807, 2.05) is 25.7 Å². The SMILES string of the molecule is CC(C)N1C(C)COCC1C(=O)O. The van der Waals surface area contributed by atoms with Gasteiger partial charge in [-0.3, -0.25) is 9.69 Å².